The molecule has 0 aromatic heterocycles. The Hall–Kier alpha value is -1.87. The number of nitrogens with zero attached hydrogens (tertiary/aromatic N) is 1. The summed E-state index contributed by atoms with van der Waals surface area (Å²) >= 11 is 5.53. The summed E-state index contributed by atoms with van der Waals surface area (Å²) < 4.78 is 16.4. The number of amidine groups is 1. The molecule has 0 saturated carbocycles. The lowest BCUT2D eigenvalue weighted by Crippen LogP contribution is -2.12. The average Bonchev–Trinajstić information content (AvgIpc) is 2.39. The molecule has 0 atom stereocenters. The second-order valence-electron chi connectivity index (χ2n) is 3.43. The standard InChI is InChI=1S/C13H10ClFN2/c14-17-13(10-4-2-1-3-5-10)16-12-8-6-11(15)7-9-12/h1-9H,(H,16,17). The second kappa shape index (κ2) is 5.46. The van der Waals surface area contributed by atoms with Crippen molar-refractivity contribution < 1.29 is 4.39 Å². The highest BCUT2D eigenvalue weighted by atomic mass is 35.5. The average molecular weight is 249 g/mol. The monoisotopic (exact) mass is 248 g/mol. The third-order valence-electron chi connectivity index (χ3n) is 2.24. The van der Waals surface area contributed by atoms with Gasteiger partial charge in [-0.3, -0.25) is 0 Å². The van der Waals surface area contributed by atoms with E-state index in [9.17, 15) is 4.39 Å². The predicted molar refractivity (Wildman–Crippen MR) is 68.9 cm³/mol. The quantitative estimate of drug-likeness (QED) is 0.634. The smallest absolute Gasteiger partial charge is 0.152 e. The van der Waals surface area contributed by atoms with Crippen LogP contribution in [0.3, 0.4) is 0 Å². The molecule has 2 rings (SSSR count). The van der Waals surface area contributed by atoms with Gasteiger partial charge in [0.05, 0.1) is 0 Å². The second-order valence-corrected chi connectivity index (χ2v) is 3.60. The van der Waals surface area contributed by atoms with Crippen molar-refractivity contribution in [2.24, 2.45) is 4.51 Å². The molecule has 17 heavy (non-hydrogen) atoms. The van der Waals surface area contributed by atoms with Gasteiger partial charge in [0.2, 0.25) is 0 Å². The maximum atomic E-state index is 12.7. The van der Waals surface area contributed by atoms with Gasteiger partial charge in [-0.2, -0.15) is 4.51 Å². The highest BCUT2D eigenvalue weighted by molar-refractivity contribution is 6.24. The van der Waals surface area contributed by atoms with Crippen LogP contribution in [0.5, 0.6) is 0 Å². The molecular weight excluding hydrogens is 239 g/mol. The van der Waals surface area contributed by atoms with Crippen LogP contribution in [-0.2, 0) is 0 Å². The number of rotatable bonds is 2. The molecule has 0 amide bonds. The van der Waals surface area contributed by atoms with Crippen LogP contribution in [0.25, 0.3) is 0 Å². The van der Waals surface area contributed by atoms with Crippen LogP contribution in [0.4, 0.5) is 10.1 Å². The molecule has 2 aromatic rings. The molecule has 0 fully saturated rings. The molecule has 0 bridgehead atoms. The van der Waals surface area contributed by atoms with Crippen molar-refractivity contribution in [2.45, 2.75) is 0 Å². The van der Waals surface area contributed by atoms with Gasteiger partial charge in [0.15, 0.2) is 5.84 Å². The SMILES string of the molecule is Fc1ccc(N/C(=N/Cl)c2ccccc2)cc1. The van der Waals surface area contributed by atoms with Gasteiger partial charge in [-0.05, 0) is 24.3 Å². The predicted octanol–water partition coefficient (Wildman–Crippen LogP) is 3.84. The fourth-order valence-electron chi connectivity index (χ4n) is 1.41. The van der Waals surface area contributed by atoms with Gasteiger partial charge in [-0.15, -0.1) is 0 Å². The molecule has 2 aromatic carbocycles. The van der Waals surface area contributed by atoms with E-state index in [1.807, 2.05) is 30.3 Å². The summed E-state index contributed by atoms with van der Waals surface area (Å²) in [6.45, 7) is 0. The van der Waals surface area contributed by atoms with E-state index in [0.29, 0.717) is 5.84 Å². The Balaban J connectivity index is 2.19. The van der Waals surface area contributed by atoms with Crippen LogP contribution in [0.1, 0.15) is 5.56 Å². The van der Waals surface area contributed by atoms with E-state index in [-0.39, 0.29) is 5.82 Å². The van der Waals surface area contributed by atoms with Gasteiger partial charge in [-0.25, -0.2) is 4.39 Å². The number of halogens is 2. The fourth-order valence-corrected chi connectivity index (χ4v) is 1.55. The van der Waals surface area contributed by atoms with Gasteiger partial charge in [0, 0.05) is 23.0 Å². The first-order chi connectivity index (χ1) is 8.29. The summed E-state index contributed by atoms with van der Waals surface area (Å²) in [6, 6.07) is 15.5. The van der Waals surface area contributed by atoms with Crippen LogP contribution >= 0.6 is 11.8 Å². The van der Waals surface area contributed by atoms with E-state index in [1.165, 1.54) is 12.1 Å². The minimum Gasteiger partial charge on any atom is -0.339 e. The van der Waals surface area contributed by atoms with Gasteiger partial charge in [0.1, 0.15) is 5.82 Å². The van der Waals surface area contributed by atoms with Gasteiger partial charge < -0.3 is 5.32 Å². The van der Waals surface area contributed by atoms with Crippen molar-refractivity contribution in [2.75, 3.05) is 5.32 Å². The van der Waals surface area contributed by atoms with Crippen molar-refractivity contribution in [3.05, 3.63) is 66.0 Å². The van der Waals surface area contributed by atoms with E-state index >= 15 is 0 Å². The van der Waals surface area contributed by atoms with E-state index in [1.54, 1.807) is 12.1 Å². The molecule has 0 aliphatic heterocycles. The molecule has 2 nitrogen and oxygen atoms in total. The molecule has 0 spiro atoms. The Labute approximate surface area is 104 Å². The maximum absolute atomic E-state index is 12.7. The van der Waals surface area contributed by atoms with Crippen LogP contribution in [-0.4, -0.2) is 5.84 Å². The lowest BCUT2D eigenvalue weighted by Gasteiger charge is -2.08. The van der Waals surface area contributed by atoms with Crippen molar-refractivity contribution in [3.63, 3.8) is 0 Å². The number of hydrogen-bond donors (Lipinski definition) is 1. The minimum atomic E-state index is -0.278. The van der Waals surface area contributed by atoms with Crippen LogP contribution < -0.4 is 5.32 Å². The molecule has 0 heterocycles. The number of hydrogen-bond acceptors (Lipinski definition) is 1. The molecule has 4 heteroatoms. The minimum absolute atomic E-state index is 0.278. The van der Waals surface area contributed by atoms with Crippen molar-refractivity contribution in [1.82, 2.24) is 0 Å². The summed E-state index contributed by atoms with van der Waals surface area (Å²) in [5.41, 5.74) is 1.60. The Morgan fingerprint density at radius 1 is 1.00 bits per heavy atom. The van der Waals surface area contributed by atoms with E-state index < -0.39 is 0 Å². The lowest BCUT2D eigenvalue weighted by molar-refractivity contribution is 0.628. The van der Waals surface area contributed by atoms with Crippen LogP contribution in [0, 0.1) is 5.82 Å². The highest BCUT2D eigenvalue weighted by Gasteiger charge is 2.03. The molecule has 1 N–H and O–H groups in total. The van der Waals surface area contributed by atoms with Crippen molar-refractivity contribution in [3.8, 4) is 0 Å². The fraction of sp³-hybridized carbons (Fsp3) is 0. The lowest BCUT2D eigenvalue weighted by atomic mass is 10.2. The van der Waals surface area contributed by atoms with E-state index in [4.69, 9.17) is 11.8 Å². The van der Waals surface area contributed by atoms with Crippen LogP contribution in [0.2, 0.25) is 0 Å². The van der Waals surface area contributed by atoms with Gasteiger partial charge in [-0.1, -0.05) is 30.3 Å². The van der Waals surface area contributed by atoms with Crippen molar-refractivity contribution in [1.29, 1.82) is 0 Å². The zero-order valence-electron chi connectivity index (χ0n) is 8.90. The van der Waals surface area contributed by atoms with Crippen molar-refractivity contribution >= 4 is 23.3 Å². The summed E-state index contributed by atoms with van der Waals surface area (Å²) in [5.74, 6) is 0.249. The molecule has 0 aliphatic rings. The van der Waals surface area contributed by atoms with E-state index in [2.05, 4.69) is 9.83 Å². The molecule has 0 unspecified atom stereocenters. The normalized spacial score (nSPS) is 11.3. The molecule has 0 saturated heterocycles. The summed E-state index contributed by atoms with van der Waals surface area (Å²) in [6.07, 6.45) is 0. The Kier molecular flexibility index (Phi) is 3.73. The molecule has 0 radical (unpaired) electrons. The topological polar surface area (TPSA) is 24.4 Å². The maximum Gasteiger partial charge on any atom is 0.152 e. The third-order valence-corrected chi connectivity index (χ3v) is 2.41. The first kappa shape index (κ1) is 11.6. The number of nitrogens with one attached hydrogen (secondary N) is 1. The largest absolute Gasteiger partial charge is 0.339 e. The first-order valence-electron chi connectivity index (χ1n) is 5.06. The molecular formula is C13H10ClFN2. The number of benzene rings is 2. The summed E-state index contributed by atoms with van der Waals surface area (Å²) in [7, 11) is 0. The molecule has 86 valence electrons. The molecule has 0 aliphatic carbocycles. The van der Waals surface area contributed by atoms with Gasteiger partial charge >= 0.3 is 0 Å². The third kappa shape index (κ3) is 3.04. The Bertz CT molecular complexity index is 509. The van der Waals surface area contributed by atoms with E-state index in [0.717, 1.165) is 11.3 Å². The van der Waals surface area contributed by atoms with Crippen LogP contribution in [0.15, 0.2) is 59.1 Å². The summed E-state index contributed by atoms with van der Waals surface area (Å²) in [5, 5.41) is 3.02. The van der Waals surface area contributed by atoms with Gasteiger partial charge in [0.25, 0.3) is 0 Å². The highest BCUT2D eigenvalue weighted by Crippen LogP contribution is 2.11. The Morgan fingerprint density at radius 2 is 1.65 bits per heavy atom. The summed E-state index contributed by atoms with van der Waals surface area (Å²) in [4.78, 5) is 0. The zero-order chi connectivity index (χ0) is 12.1. The Morgan fingerprint density at radius 3 is 2.24 bits per heavy atom. The number of anilines is 1. The zero-order valence-corrected chi connectivity index (χ0v) is 9.66. The first-order valence-corrected chi connectivity index (χ1v) is 5.40.